The molecule has 0 aliphatic heterocycles. The van der Waals surface area contributed by atoms with Crippen LogP contribution in [0.1, 0.15) is 18.9 Å². The van der Waals surface area contributed by atoms with Crippen molar-refractivity contribution in [3.63, 3.8) is 0 Å². The molecule has 0 spiro atoms. The van der Waals surface area contributed by atoms with Crippen molar-refractivity contribution in [2.24, 2.45) is 5.73 Å². The molecule has 92 valence electrons. The summed E-state index contributed by atoms with van der Waals surface area (Å²) in [4.78, 5) is 0. The Bertz CT molecular complexity index is 371. The number of nitrogens with two attached hydrogens (primary N) is 1. The van der Waals surface area contributed by atoms with E-state index in [-0.39, 0.29) is 0 Å². The molecule has 0 aromatic heterocycles. The Morgan fingerprint density at radius 2 is 1.69 bits per heavy atom. The van der Waals surface area contributed by atoms with Crippen LogP contribution >= 0.6 is 0 Å². The van der Waals surface area contributed by atoms with Gasteiger partial charge in [0.15, 0.2) is 0 Å². The van der Waals surface area contributed by atoms with Crippen LogP contribution in [0.3, 0.4) is 0 Å². The molecular weight excluding hydrogens is 236 g/mol. The zero-order valence-electron chi connectivity index (χ0n) is 8.94. The monoisotopic (exact) mass is 251 g/mol. The lowest BCUT2D eigenvalue weighted by Gasteiger charge is -2.03. The summed E-state index contributed by atoms with van der Waals surface area (Å²) in [7, 11) is -5.67. The second kappa shape index (κ2) is 7.29. The fourth-order valence-electron chi connectivity index (χ4n) is 1.04. The van der Waals surface area contributed by atoms with E-state index in [0.717, 1.165) is 12.8 Å². The maximum Gasteiger partial charge on any atom is 0.476 e. The number of aryl methyl sites for hydroxylation is 1. The van der Waals surface area contributed by atoms with Crippen molar-refractivity contribution >= 4 is 10.6 Å². The molecule has 0 saturated carbocycles. The average Bonchev–Trinajstić information content (AvgIpc) is 2.14. The van der Waals surface area contributed by atoms with Crippen LogP contribution in [0.15, 0.2) is 30.3 Å². The predicted octanol–water partition coefficient (Wildman–Crippen LogP) is 2.14. The van der Waals surface area contributed by atoms with E-state index in [1.54, 1.807) is 0 Å². The highest BCUT2D eigenvalue weighted by molar-refractivity contribution is 7.81. The van der Waals surface area contributed by atoms with E-state index >= 15 is 0 Å². The van der Waals surface area contributed by atoms with E-state index in [4.69, 9.17) is 14.2 Å². The summed E-state index contributed by atoms with van der Waals surface area (Å²) in [6.45, 7) is 2.04. The second-order valence-electron chi connectivity index (χ2n) is 3.38. The highest BCUT2D eigenvalue weighted by atomic mass is 32.3. The minimum Gasteiger partial charge on any atom is -0.328 e. The van der Waals surface area contributed by atoms with Gasteiger partial charge in [-0.1, -0.05) is 38.1 Å². The van der Waals surface area contributed by atoms with Gasteiger partial charge in [-0.2, -0.15) is 8.42 Å². The summed E-state index contributed by atoms with van der Waals surface area (Å²) in [5.74, 6) is 0. The van der Waals surface area contributed by atoms with Crippen molar-refractivity contribution in [2.75, 3.05) is 0 Å². The van der Waals surface area contributed by atoms with Crippen LogP contribution < -0.4 is 5.73 Å². The molecule has 3 nitrogen and oxygen atoms in total. The Kier molecular flexibility index (Phi) is 6.83. The van der Waals surface area contributed by atoms with E-state index in [1.807, 2.05) is 13.0 Å². The second-order valence-corrected chi connectivity index (χ2v) is 4.14. The molecule has 0 radical (unpaired) electrons. The Morgan fingerprint density at radius 1 is 1.25 bits per heavy atom. The first-order valence-corrected chi connectivity index (χ1v) is 6.01. The molecule has 1 aromatic carbocycles. The molecule has 0 bridgehead atoms. The van der Waals surface area contributed by atoms with Gasteiger partial charge in [-0.15, -0.1) is 0 Å². The maximum atomic E-state index is 9.99. The molecule has 0 aliphatic carbocycles. The quantitative estimate of drug-likeness (QED) is 0.837. The molecular formula is C10H15F2NO2S. The molecule has 1 atom stereocenters. The molecule has 16 heavy (non-hydrogen) atoms. The standard InChI is InChI=1S/C10H15N.F2O2S/c1-9(11)7-8-10-5-3-2-4-6-10;1-5(2,3)4/h2-6,9H,7-8,11H2,1H3;. The van der Waals surface area contributed by atoms with Gasteiger partial charge in [-0.25, -0.2) is 0 Å². The van der Waals surface area contributed by atoms with Crippen molar-refractivity contribution in [2.45, 2.75) is 25.8 Å². The molecule has 0 saturated heterocycles. The number of halogens is 2. The van der Waals surface area contributed by atoms with Gasteiger partial charge in [-0.3, -0.25) is 0 Å². The van der Waals surface area contributed by atoms with E-state index in [2.05, 4.69) is 24.3 Å². The van der Waals surface area contributed by atoms with Crippen LogP contribution in [-0.4, -0.2) is 14.5 Å². The van der Waals surface area contributed by atoms with Gasteiger partial charge in [0, 0.05) is 6.04 Å². The lowest BCUT2D eigenvalue weighted by atomic mass is 10.1. The van der Waals surface area contributed by atoms with E-state index in [1.165, 1.54) is 5.56 Å². The van der Waals surface area contributed by atoms with E-state index in [9.17, 15) is 7.77 Å². The maximum absolute atomic E-state index is 9.99. The topological polar surface area (TPSA) is 60.2 Å². The van der Waals surface area contributed by atoms with Gasteiger partial charge < -0.3 is 5.73 Å². The van der Waals surface area contributed by atoms with Crippen LogP contribution in [0.2, 0.25) is 0 Å². The first-order valence-electron chi connectivity index (χ1n) is 4.73. The fraction of sp³-hybridized carbons (Fsp3) is 0.400. The van der Waals surface area contributed by atoms with Crippen LogP contribution in [0.5, 0.6) is 0 Å². The molecule has 1 rings (SSSR count). The molecule has 6 heteroatoms. The molecule has 2 N–H and O–H groups in total. The van der Waals surface area contributed by atoms with Gasteiger partial charge in [0.1, 0.15) is 0 Å². The summed E-state index contributed by atoms with van der Waals surface area (Å²) in [5, 5.41) is 0. The molecule has 0 fully saturated rings. The number of hydrogen-bond acceptors (Lipinski definition) is 3. The summed E-state index contributed by atoms with van der Waals surface area (Å²) < 4.78 is 36.6. The molecule has 0 amide bonds. The first kappa shape index (κ1) is 15.0. The lowest BCUT2D eigenvalue weighted by molar-refractivity contribution is 0.501. The summed E-state index contributed by atoms with van der Waals surface area (Å²) in [6.07, 6.45) is 2.17. The largest absolute Gasteiger partial charge is 0.476 e. The minimum atomic E-state index is -5.67. The van der Waals surface area contributed by atoms with Gasteiger partial charge in [-0.05, 0) is 25.3 Å². The zero-order chi connectivity index (χ0) is 12.6. The number of benzene rings is 1. The van der Waals surface area contributed by atoms with Crippen molar-refractivity contribution in [3.05, 3.63) is 35.9 Å². The van der Waals surface area contributed by atoms with Crippen molar-refractivity contribution in [1.29, 1.82) is 0 Å². The van der Waals surface area contributed by atoms with Crippen LogP contribution in [0, 0.1) is 0 Å². The molecule has 0 heterocycles. The van der Waals surface area contributed by atoms with Crippen molar-refractivity contribution < 1.29 is 16.2 Å². The predicted molar refractivity (Wildman–Crippen MR) is 59.5 cm³/mol. The fourth-order valence-corrected chi connectivity index (χ4v) is 1.04. The van der Waals surface area contributed by atoms with Crippen LogP contribution in [0.4, 0.5) is 7.77 Å². The number of rotatable bonds is 3. The highest BCUT2D eigenvalue weighted by Gasteiger charge is 1.95. The first-order chi connectivity index (χ1) is 7.29. The summed E-state index contributed by atoms with van der Waals surface area (Å²) in [6, 6.07) is 10.8. The Balaban J connectivity index is 0.000000385. The third-order valence-electron chi connectivity index (χ3n) is 1.73. The van der Waals surface area contributed by atoms with Crippen LogP contribution in [0.25, 0.3) is 0 Å². The van der Waals surface area contributed by atoms with Crippen molar-refractivity contribution in [1.82, 2.24) is 0 Å². The van der Waals surface area contributed by atoms with Crippen LogP contribution in [-0.2, 0) is 17.0 Å². The third kappa shape index (κ3) is 13.0. The Hall–Kier alpha value is -1.01. The zero-order valence-corrected chi connectivity index (χ0v) is 9.75. The van der Waals surface area contributed by atoms with Gasteiger partial charge >= 0.3 is 10.6 Å². The highest BCUT2D eigenvalue weighted by Crippen LogP contribution is 2.02. The average molecular weight is 251 g/mol. The normalized spacial score (nSPS) is 12.5. The van der Waals surface area contributed by atoms with E-state index < -0.39 is 10.6 Å². The van der Waals surface area contributed by atoms with Gasteiger partial charge in [0.25, 0.3) is 0 Å². The summed E-state index contributed by atoms with van der Waals surface area (Å²) in [5.41, 5.74) is 7.02. The molecule has 1 unspecified atom stereocenters. The molecule has 1 aromatic rings. The smallest absolute Gasteiger partial charge is 0.328 e. The Labute approximate surface area is 94.8 Å². The third-order valence-corrected chi connectivity index (χ3v) is 1.73. The SMILES string of the molecule is CC(N)CCc1ccccc1.O=S(=O)(F)F. The lowest BCUT2D eigenvalue weighted by Crippen LogP contribution is -2.15. The van der Waals surface area contributed by atoms with E-state index in [0.29, 0.717) is 6.04 Å². The minimum absolute atomic E-state index is 0.315. The Morgan fingerprint density at radius 3 is 2.06 bits per heavy atom. The van der Waals surface area contributed by atoms with Gasteiger partial charge in [0.2, 0.25) is 0 Å². The van der Waals surface area contributed by atoms with Gasteiger partial charge in [0.05, 0.1) is 0 Å². The van der Waals surface area contributed by atoms with Crippen molar-refractivity contribution in [3.8, 4) is 0 Å². The number of hydrogen-bond donors (Lipinski definition) is 1. The summed E-state index contributed by atoms with van der Waals surface area (Å²) >= 11 is 0. The molecule has 0 aliphatic rings.